The van der Waals surface area contributed by atoms with Crippen molar-refractivity contribution in [3.63, 3.8) is 0 Å². The molecule has 3 aliphatic carbocycles. The minimum absolute atomic E-state index is 0.0381. The number of hydrogen-bond acceptors (Lipinski definition) is 4. The SMILES string of the molecule is O=C(N/C(=N\C1CC(C2CCCCC2)NN1)NC1CC(F)CC(Cl)C1)C1CCC(F)C(F)C1. The van der Waals surface area contributed by atoms with Gasteiger partial charge in [-0.15, -0.1) is 11.6 Å². The van der Waals surface area contributed by atoms with Gasteiger partial charge < -0.3 is 5.32 Å². The zero-order valence-electron chi connectivity index (χ0n) is 19.0. The molecule has 1 saturated heterocycles. The number of aliphatic imine (C=N–C) groups is 1. The molecule has 1 aliphatic heterocycles. The molecule has 8 unspecified atom stereocenters. The Labute approximate surface area is 199 Å². The second-order valence-corrected chi connectivity index (χ2v) is 10.9. The summed E-state index contributed by atoms with van der Waals surface area (Å²) < 4.78 is 41.4. The first kappa shape index (κ1) is 25.0. The third kappa shape index (κ3) is 6.98. The molecular weight excluding hydrogens is 455 g/mol. The van der Waals surface area contributed by atoms with Crippen molar-refractivity contribution in [1.29, 1.82) is 0 Å². The Balaban J connectivity index is 1.41. The van der Waals surface area contributed by atoms with E-state index in [0.717, 1.165) is 6.42 Å². The van der Waals surface area contributed by atoms with Crippen LogP contribution in [0.2, 0.25) is 0 Å². The fourth-order valence-electron chi connectivity index (χ4n) is 5.79. The number of guanidine groups is 1. The quantitative estimate of drug-likeness (QED) is 0.274. The van der Waals surface area contributed by atoms with Gasteiger partial charge in [-0.05, 0) is 57.3 Å². The number of alkyl halides is 4. The number of carbonyl (C=O) groups is 1. The Morgan fingerprint density at radius 2 is 1.67 bits per heavy atom. The van der Waals surface area contributed by atoms with Crippen LogP contribution in [0.1, 0.15) is 77.0 Å². The highest BCUT2D eigenvalue weighted by atomic mass is 35.5. The molecule has 8 atom stereocenters. The van der Waals surface area contributed by atoms with Crippen molar-refractivity contribution < 1.29 is 18.0 Å². The van der Waals surface area contributed by atoms with Gasteiger partial charge in [0.2, 0.25) is 5.91 Å². The van der Waals surface area contributed by atoms with Gasteiger partial charge in [0.1, 0.15) is 24.7 Å². The average molecular weight is 492 g/mol. The summed E-state index contributed by atoms with van der Waals surface area (Å²) in [7, 11) is 0. The van der Waals surface area contributed by atoms with E-state index in [4.69, 9.17) is 16.6 Å². The van der Waals surface area contributed by atoms with Crippen molar-refractivity contribution in [3.8, 4) is 0 Å². The lowest BCUT2D eigenvalue weighted by atomic mass is 9.83. The topological polar surface area (TPSA) is 77.5 Å². The molecule has 0 spiro atoms. The summed E-state index contributed by atoms with van der Waals surface area (Å²) in [6, 6.07) is 0.0644. The predicted molar refractivity (Wildman–Crippen MR) is 123 cm³/mol. The summed E-state index contributed by atoms with van der Waals surface area (Å²) >= 11 is 6.22. The molecule has 33 heavy (non-hydrogen) atoms. The first-order chi connectivity index (χ1) is 15.9. The maximum atomic E-state index is 14.1. The van der Waals surface area contributed by atoms with Gasteiger partial charge in [-0.25, -0.2) is 23.6 Å². The first-order valence-electron chi connectivity index (χ1n) is 12.6. The molecule has 4 rings (SSSR count). The molecule has 4 N–H and O–H groups in total. The van der Waals surface area contributed by atoms with Crippen LogP contribution in [0.5, 0.6) is 0 Å². The van der Waals surface area contributed by atoms with Crippen molar-refractivity contribution in [2.24, 2.45) is 16.8 Å². The number of amides is 1. The van der Waals surface area contributed by atoms with Crippen molar-refractivity contribution in [2.75, 3.05) is 0 Å². The molecule has 4 aliphatic rings. The van der Waals surface area contributed by atoms with E-state index in [2.05, 4.69) is 21.5 Å². The average Bonchev–Trinajstić information content (AvgIpc) is 3.24. The largest absolute Gasteiger partial charge is 0.353 e. The number of halogens is 4. The Kier molecular flexibility index (Phi) is 8.79. The molecule has 0 radical (unpaired) electrons. The second-order valence-electron chi connectivity index (χ2n) is 10.3. The maximum absolute atomic E-state index is 14.1. The molecule has 0 aromatic rings. The van der Waals surface area contributed by atoms with Gasteiger partial charge in [0.15, 0.2) is 5.96 Å². The minimum Gasteiger partial charge on any atom is -0.353 e. The van der Waals surface area contributed by atoms with Gasteiger partial charge in [0.25, 0.3) is 0 Å². The van der Waals surface area contributed by atoms with Crippen LogP contribution in [0.3, 0.4) is 0 Å². The Morgan fingerprint density at radius 3 is 2.39 bits per heavy atom. The van der Waals surface area contributed by atoms with Crippen LogP contribution in [0.15, 0.2) is 4.99 Å². The van der Waals surface area contributed by atoms with Gasteiger partial charge >= 0.3 is 0 Å². The maximum Gasteiger partial charge on any atom is 0.229 e. The van der Waals surface area contributed by atoms with E-state index in [9.17, 15) is 18.0 Å². The molecule has 10 heteroatoms. The fraction of sp³-hybridized carbons (Fsp3) is 0.913. The number of hydrogen-bond donors (Lipinski definition) is 4. The lowest BCUT2D eigenvalue weighted by Crippen LogP contribution is -2.51. The summed E-state index contributed by atoms with van der Waals surface area (Å²) in [5, 5.41) is 5.70. The van der Waals surface area contributed by atoms with Crippen LogP contribution < -0.4 is 21.5 Å². The van der Waals surface area contributed by atoms with Crippen molar-refractivity contribution in [1.82, 2.24) is 21.5 Å². The van der Waals surface area contributed by atoms with Crippen LogP contribution in [0.4, 0.5) is 13.2 Å². The highest BCUT2D eigenvalue weighted by molar-refractivity contribution is 6.20. The zero-order chi connectivity index (χ0) is 23.4. The number of hydrazine groups is 1. The van der Waals surface area contributed by atoms with E-state index in [1.807, 2.05) is 0 Å². The lowest BCUT2D eigenvalue weighted by Gasteiger charge is -2.31. The molecule has 0 aromatic carbocycles. The fourth-order valence-corrected chi connectivity index (χ4v) is 6.19. The van der Waals surface area contributed by atoms with Crippen molar-refractivity contribution in [3.05, 3.63) is 0 Å². The van der Waals surface area contributed by atoms with Crippen molar-refractivity contribution in [2.45, 2.75) is 119 Å². The van der Waals surface area contributed by atoms with E-state index < -0.39 is 24.4 Å². The summed E-state index contributed by atoms with van der Waals surface area (Å²) in [6.07, 6.45) is 4.00. The van der Waals surface area contributed by atoms with E-state index in [1.165, 1.54) is 32.1 Å². The summed E-state index contributed by atoms with van der Waals surface area (Å²) in [4.78, 5) is 17.6. The molecular formula is C23H37ClF3N5O. The highest BCUT2D eigenvalue weighted by Crippen LogP contribution is 2.31. The molecule has 1 amide bonds. The molecule has 4 fully saturated rings. The van der Waals surface area contributed by atoms with E-state index in [1.54, 1.807) is 0 Å². The van der Waals surface area contributed by atoms with Gasteiger partial charge in [0, 0.05) is 29.8 Å². The molecule has 3 saturated carbocycles. The third-order valence-electron chi connectivity index (χ3n) is 7.65. The number of rotatable bonds is 4. The summed E-state index contributed by atoms with van der Waals surface area (Å²) in [5.74, 6) is -0.118. The second kappa shape index (κ2) is 11.6. The number of nitrogens with zero attached hydrogens (tertiary/aromatic N) is 1. The van der Waals surface area contributed by atoms with E-state index in [0.29, 0.717) is 37.6 Å². The van der Waals surface area contributed by atoms with Crippen LogP contribution >= 0.6 is 11.6 Å². The monoisotopic (exact) mass is 491 g/mol. The van der Waals surface area contributed by atoms with Gasteiger partial charge in [-0.1, -0.05) is 19.3 Å². The van der Waals surface area contributed by atoms with Crippen molar-refractivity contribution >= 4 is 23.5 Å². The highest BCUT2D eigenvalue weighted by Gasteiger charge is 2.36. The molecule has 188 valence electrons. The normalized spacial score (nSPS) is 41.0. The van der Waals surface area contributed by atoms with Crippen LogP contribution in [0.25, 0.3) is 0 Å². The van der Waals surface area contributed by atoms with Gasteiger partial charge in [-0.3, -0.25) is 15.5 Å². The van der Waals surface area contributed by atoms with Gasteiger partial charge in [0.05, 0.1) is 0 Å². The Bertz CT molecular complexity index is 685. The standard InChI is InChI=1S/C23H37ClF3N5O/c24-15-9-16(25)11-17(10-15)28-23(30-22(33)14-6-7-18(26)19(27)8-14)29-21-12-20(31-32-21)13-4-2-1-3-5-13/h13-21,31-32H,1-12H2,(H2,28,29,30,33). The van der Waals surface area contributed by atoms with E-state index in [-0.39, 0.29) is 42.3 Å². The van der Waals surface area contributed by atoms with E-state index >= 15 is 0 Å². The van der Waals surface area contributed by atoms with Crippen LogP contribution in [0, 0.1) is 11.8 Å². The number of nitrogens with one attached hydrogen (secondary N) is 4. The summed E-state index contributed by atoms with van der Waals surface area (Å²) in [6.45, 7) is 0. The Hall–Kier alpha value is -1.06. The van der Waals surface area contributed by atoms with Gasteiger partial charge in [-0.2, -0.15) is 0 Å². The predicted octanol–water partition coefficient (Wildman–Crippen LogP) is 3.80. The molecule has 0 bridgehead atoms. The third-order valence-corrected chi connectivity index (χ3v) is 8.01. The molecule has 0 aromatic heterocycles. The van der Waals surface area contributed by atoms with Crippen LogP contribution in [-0.2, 0) is 4.79 Å². The molecule has 6 nitrogen and oxygen atoms in total. The zero-order valence-corrected chi connectivity index (χ0v) is 19.8. The van der Waals surface area contributed by atoms with Crippen LogP contribution in [-0.4, -0.2) is 54.0 Å². The minimum atomic E-state index is -1.62. The first-order valence-corrected chi connectivity index (χ1v) is 13.0. The Morgan fingerprint density at radius 1 is 0.879 bits per heavy atom. The lowest BCUT2D eigenvalue weighted by molar-refractivity contribution is -0.125. The summed E-state index contributed by atoms with van der Waals surface area (Å²) in [5.41, 5.74) is 6.57. The molecule has 1 heterocycles. The number of carbonyl (C=O) groups excluding carboxylic acids is 1. The smallest absolute Gasteiger partial charge is 0.229 e.